The van der Waals surface area contributed by atoms with Gasteiger partial charge in [0, 0.05) is 11.1 Å². The van der Waals surface area contributed by atoms with Crippen LogP contribution in [0.5, 0.6) is 17.2 Å². The molecule has 0 heterocycles. The van der Waals surface area contributed by atoms with Crippen LogP contribution in [0.2, 0.25) is 0 Å². The number of benzene rings is 2. The first-order chi connectivity index (χ1) is 12.0. The van der Waals surface area contributed by atoms with Crippen LogP contribution in [0.4, 0.5) is 5.69 Å². The van der Waals surface area contributed by atoms with E-state index in [2.05, 4.69) is 0 Å². The van der Waals surface area contributed by atoms with E-state index in [1.165, 1.54) is 0 Å². The van der Waals surface area contributed by atoms with Gasteiger partial charge in [0.2, 0.25) is 0 Å². The van der Waals surface area contributed by atoms with Crippen molar-refractivity contribution in [2.45, 2.75) is 13.8 Å². The Bertz CT molecular complexity index is 796. The van der Waals surface area contributed by atoms with Gasteiger partial charge >= 0.3 is 0 Å². The molecule has 2 aromatic carbocycles. The Hall–Kier alpha value is -2.95. The van der Waals surface area contributed by atoms with Crippen molar-refractivity contribution in [3.8, 4) is 17.2 Å². The van der Waals surface area contributed by atoms with Crippen LogP contribution in [-0.2, 0) is 0 Å². The summed E-state index contributed by atoms with van der Waals surface area (Å²) in [4.78, 5) is 12.7. The van der Waals surface area contributed by atoms with Gasteiger partial charge in [-0.15, -0.1) is 0 Å². The summed E-state index contributed by atoms with van der Waals surface area (Å²) in [6, 6.07) is 10.5. The number of ether oxygens (including phenoxy) is 3. The molecule has 5 heteroatoms. The molecule has 0 aliphatic carbocycles. The zero-order valence-corrected chi connectivity index (χ0v) is 15.0. The maximum absolute atomic E-state index is 12.7. The standard InChI is InChI=1S/C20H23NO4/c1-5-25-19-12-14(6-8-17(19)21)20(22)13(2)10-15-11-16(23-3)7-9-18(15)24-4/h6-12H,5,21H2,1-4H3/b13-10+. The molecule has 0 unspecified atom stereocenters. The molecule has 5 nitrogen and oxygen atoms in total. The zero-order valence-electron chi connectivity index (χ0n) is 15.0. The molecule has 0 aliphatic rings. The Morgan fingerprint density at radius 2 is 1.84 bits per heavy atom. The lowest BCUT2D eigenvalue weighted by molar-refractivity contribution is 0.103. The zero-order chi connectivity index (χ0) is 18.4. The SMILES string of the molecule is CCOc1cc(C(=O)/C(C)=C/c2cc(OC)ccc2OC)ccc1N. The summed E-state index contributed by atoms with van der Waals surface area (Å²) in [7, 11) is 3.18. The van der Waals surface area contributed by atoms with Gasteiger partial charge in [-0.25, -0.2) is 0 Å². The second kappa shape index (κ2) is 8.24. The molecule has 0 fully saturated rings. The minimum atomic E-state index is -0.106. The highest BCUT2D eigenvalue weighted by atomic mass is 16.5. The van der Waals surface area contributed by atoms with E-state index < -0.39 is 0 Å². The number of carbonyl (C=O) groups is 1. The Balaban J connectivity index is 2.37. The van der Waals surface area contributed by atoms with Crippen LogP contribution in [0, 0.1) is 0 Å². The first-order valence-corrected chi connectivity index (χ1v) is 7.97. The number of Topliss-reactive ketones (excluding diaryl/α,β-unsaturated/α-hetero) is 1. The lowest BCUT2D eigenvalue weighted by Crippen LogP contribution is -2.04. The maximum Gasteiger partial charge on any atom is 0.188 e. The highest BCUT2D eigenvalue weighted by molar-refractivity contribution is 6.11. The molecule has 132 valence electrons. The lowest BCUT2D eigenvalue weighted by Gasteiger charge is -2.10. The molecule has 0 bridgehead atoms. The minimum absolute atomic E-state index is 0.106. The van der Waals surface area contributed by atoms with Gasteiger partial charge in [-0.3, -0.25) is 4.79 Å². The Kier molecular flexibility index (Phi) is 6.06. The van der Waals surface area contributed by atoms with Gasteiger partial charge < -0.3 is 19.9 Å². The van der Waals surface area contributed by atoms with Gasteiger partial charge in [0.1, 0.15) is 17.2 Å². The number of nitrogen functional groups attached to an aromatic ring is 1. The third kappa shape index (κ3) is 4.32. The molecule has 0 amide bonds. The molecule has 0 saturated heterocycles. The van der Waals surface area contributed by atoms with E-state index in [9.17, 15) is 4.79 Å². The van der Waals surface area contributed by atoms with Crippen molar-refractivity contribution in [3.05, 3.63) is 53.1 Å². The maximum atomic E-state index is 12.7. The number of ketones is 1. The molecule has 2 N–H and O–H groups in total. The molecule has 0 atom stereocenters. The van der Waals surface area contributed by atoms with Gasteiger partial charge in [-0.1, -0.05) is 0 Å². The molecule has 25 heavy (non-hydrogen) atoms. The van der Waals surface area contributed by atoms with Crippen LogP contribution in [0.3, 0.4) is 0 Å². The fourth-order valence-corrected chi connectivity index (χ4v) is 2.43. The Morgan fingerprint density at radius 1 is 1.08 bits per heavy atom. The van der Waals surface area contributed by atoms with E-state index >= 15 is 0 Å². The number of carbonyl (C=O) groups excluding carboxylic acids is 1. The predicted molar refractivity (Wildman–Crippen MR) is 99.6 cm³/mol. The highest BCUT2D eigenvalue weighted by Gasteiger charge is 2.12. The first-order valence-electron chi connectivity index (χ1n) is 7.97. The Morgan fingerprint density at radius 3 is 2.48 bits per heavy atom. The number of hydrogen-bond donors (Lipinski definition) is 1. The average molecular weight is 341 g/mol. The number of anilines is 1. The van der Waals surface area contributed by atoms with E-state index in [0.717, 1.165) is 5.56 Å². The summed E-state index contributed by atoms with van der Waals surface area (Å²) in [5.41, 5.74) is 8.23. The highest BCUT2D eigenvalue weighted by Crippen LogP contribution is 2.28. The van der Waals surface area contributed by atoms with Crippen LogP contribution in [-0.4, -0.2) is 26.6 Å². The summed E-state index contributed by atoms with van der Waals surface area (Å²) in [5, 5.41) is 0. The minimum Gasteiger partial charge on any atom is -0.497 e. The van der Waals surface area contributed by atoms with Crippen LogP contribution in [0.15, 0.2) is 42.0 Å². The van der Waals surface area contributed by atoms with Crippen molar-refractivity contribution in [2.75, 3.05) is 26.6 Å². The smallest absolute Gasteiger partial charge is 0.188 e. The van der Waals surface area contributed by atoms with Crippen molar-refractivity contribution >= 4 is 17.5 Å². The molecule has 0 spiro atoms. The second-order valence-electron chi connectivity index (χ2n) is 5.45. The number of methoxy groups -OCH3 is 2. The third-order valence-corrected chi connectivity index (χ3v) is 3.74. The number of allylic oxidation sites excluding steroid dienone is 1. The molecule has 2 aromatic rings. The predicted octanol–water partition coefficient (Wildman–Crippen LogP) is 3.97. The van der Waals surface area contributed by atoms with Crippen LogP contribution in [0.25, 0.3) is 6.08 Å². The van der Waals surface area contributed by atoms with E-state index in [4.69, 9.17) is 19.9 Å². The van der Waals surface area contributed by atoms with Gasteiger partial charge in [-0.2, -0.15) is 0 Å². The van der Waals surface area contributed by atoms with Crippen LogP contribution >= 0.6 is 0 Å². The first kappa shape index (κ1) is 18.4. The fourth-order valence-electron chi connectivity index (χ4n) is 2.43. The van der Waals surface area contributed by atoms with E-state index in [-0.39, 0.29) is 5.78 Å². The largest absolute Gasteiger partial charge is 0.497 e. The monoisotopic (exact) mass is 341 g/mol. The summed E-state index contributed by atoms with van der Waals surface area (Å²) < 4.78 is 16.0. The van der Waals surface area contributed by atoms with Crippen molar-refractivity contribution in [1.29, 1.82) is 0 Å². The third-order valence-electron chi connectivity index (χ3n) is 3.74. The summed E-state index contributed by atoms with van der Waals surface area (Å²) in [5.74, 6) is 1.77. The van der Waals surface area contributed by atoms with Gasteiger partial charge in [0.15, 0.2) is 5.78 Å². The molecule has 0 radical (unpaired) electrons. The number of rotatable bonds is 7. The van der Waals surface area contributed by atoms with Gasteiger partial charge in [0.05, 0.1) is 26.5 Å². The van der Waals surface area contributed by atoms with Crippen molar-refractivity contribution in [3.63, 3.8) is 0 Å². The molecule has 0 aromatic heterocycles. The molecular formula is C20H23NO4. The number of nitrogens with two attached hydrogens (primary N) is 1. The van der Waals surface area contributed by atoms with E-state index in [0.29, 0.717) is 40.7 Å². The van der Waals surface area contributed by atoms with Crippen molar-refractivity contribution < 1.29 is 19.0 Å². The molecule has 2 rings (SSSR count). The summed E-state index contributed by atoms with van der Waals surface area (Å²) in [6.45, 7) is 4.11. The average Bonchev–Trinajstić information content (AvgIpc) is 2.63. The summed E-state index contributed by atoms with van der Waals surface area (Å²) >= 11 is 0. The molecule has 0 aliphatic heterocycles. The fraction of sp³-hybridized carbons (Fsp3) is 0.250. The van der Waals surface area contributed by atoms with Crippen LogP contribution < -0.4 is 19.9 Å². The van der Waals surface area contributed by atoms with Crippen molar-refractivity contribution in [2.24, 2.45) is 0 Å². The van der Waals surface area contributed by atoms with E-state index in [1.54, 1.807) is 51.5 Å². The van der Waals surface area contributed by atoms with E-state index in [1.807, 2.05) is 19.1 Å². The topological polar surface area (TPSA) is 70.8 Å². The summed E-state index contributed by atoms with van der Waals surface area (Å²) in [6.07, 6.45) is 1.78. The quantitative estimate of drug-likeness (QED) is 0.469. The van der Waals surface area contributed by atoms with Crippen LogP contribution in [0.1, 0.15) is 29.8 Å². The Labute approximate surface area is 148 Å². The molecular weight excluding hydrogens is 318 g/mol. The molecule has 0 saturated carbocycles. The second-order valence-corrected chi connectivity index (χ2v) is 5.45. The lowest BCUT2D eigenvalue weighted by atomic mass is 10.0. The normalized spacial score (nSPS) is 11.1. The van der Waals surface area contributed by atoms with Crippen molar-refractivity contribution in [1.82, 2.24) is 0 Å². The van der Waals surface area contributed by atoms with Gasteiger partial charge in [0.25, 0.3) is 0 Å². The van der Waals surface area contributed by atoms with Gasteiger partial charge in [-0.05, 0) is 61.9 Å². The number of hydrogen-bond acceptors (Lipinski definition) is 5.